The molecule has 140 valence electrons. The topological polar surface area (TPSA) is 139 Å². The number of ether oxygens (including phenoxy) is 2. The second kappa shape index (κ2) is 8.36. The molecule has 2 rings (SSSR count). The van der Waals surface area contributed by atoms with Crippen LogP contribution in [-0.4, -0.2) is 28.7 Å². The molecule has 0 radical (unpaired) electrons. The van der Waals surface area contributed by atoms with Crippen molar-refractivity contribution in [3.05, 3.63) is 66.2 Å². The quantitative estimate of drug-likeness (QED) is 0.209. The van der Waals surface area contributed by atoms with Crippen molar-refractivity contribution in [1.29, 1.82) is 0 Å². The fourth-order valence-electron chi connectivity index (χ4n) is 2.09. The molecule has 0 fully saturated rings. The lowest BCUT2D eigenvalue weighted by Gasteiger charge is -2.13. The van der Waals surface area contributed by atoms with E-state index in [0.717, 1.165) is 18.2 Å². The number of esters is 1. The summed E-state index contributed by atoms with van der Waals surface area (Å²) in [4.78, 5) is 43.5. The van der Waals surface area contributed by atoms with Gasteiger partial charge >= 0.3 is 5.97 Å². The molecule has 0 heterocycles. The van der Waals surface area contributed by atoms with E-state index < -0.39 is 27.2 Å². The van der Waals surface area contributed by atoms with Gasteiger partial charge in [0.2, 0.25) is 0 Å². The van der Waals surface area contributed by atoms with E-state index >= 15 is 0 Å². The molecule has 0 saturated carbocycles. The molecule has 0 aliphatic heterocycles. The van der Waals surface area contributed by atoms with Crippen molar-refractivity contribution in [2.45, 2.75) is 6.92 Å². The van der Waals surface area contributed by atoms with Crippen LogP contribution >= 0.6 is 15.9 Å². The summed E-state index contributed by atoms with van der Waals surface area (Å²) in [5.41, 5.74) is -1.38. The van der Waals surface area contributed by atoms with Gasteiger partial charge < -0.3 is 9.47 Å². The summed E-state index contributed by atoms with van der Waals surface area (Å²) < 4.78 is 10.8. The predicted molar refractivity (Wildman–Crippen MR) is 95.4 cm³/mol. The lowest BCUT2D eigenvalue weighted by atomic mass is 10.1. The number of nitro groups is 2. The summed E-state index contributed by atoms with van der Waals surface area (Å²) >= 11 is 3.15. The SMILES string of the molecule is CCOc1cc(C=O)cc(Br)c1OC(=O)c1cc([N+](=O)[O-])cc([N+](=O)[O-])c1. The van der Waals surface area contributed by atoms with Crippen molar-refractivity contribution >= 4 is 39.6 Å². The van der Waals surface area contributed by atoms with Crippen LogP contribution in [0.25, 0.3) is 0 Å². The van der Waals surface area contributed by atoms with Crippen LogP contribution in [0.15, 0.2) is 34.8 Å². The normalized spacial score (nSPS) is 10.1. The Morgan fingerprint density at radius 1 is 1.11 bits per heavy atom. The van der Waals surface area contributed by atoms with Gasteiger partial charge in [-0.05, 0) is 35.0 Å². The maximum atomic E-state index is 12.4. The summed E-state index contributed by atoms with van der Waals surface area (Å²) in [6.45, 7) is 1.89. The van der Waals surface area contributed by atoms with Gasteiger partial charge in [-0.15, -0.1) is 0 Å². The average Bonchev–Trinajstić information content (AvgIpc) is 2.63. The number of nitrogens with zero attached hydrogens (tertiary/aromatic N) is 2. The van der Waals surface area contributed by atoms with Gasteiger partial charge in [0.15, 0.2) is 11.5 Å². The van der Waals surface area contributed by atoms with E-state index in [1.54, 1.807) is 6.92 Å². The number of benzene rings is 2. The van der Waals surface area contributed by atoms with Crippen molar-refractivity contribution in [3.63, 3.8) is 0 Å². The van der Waals surface area contributed by atoms with Crippen molar-refractivity contribution in [3.8, 4) is 11.5 Å². The highest BCUT2D eigenvalue weighted by Gasteiger charge is 2.23. The molecule has 0 N–H and O–H groups in total. The van der Waals surface area contributed by atoms with Gasteiger partial charge in [-0.1, -0.05) is 0 Å². The van der Waals surface area contributed by atoms with Gasteiger partial charge in [0.1, 0.15) is 6.29 Å². The molecule has 0 aromatic heterocycles. The number of hydrogen-bond acceptors (Lipinski definition) is 8. The van der Waals surface area contributed by atoms with Crippen LogP contribution in [0.2, 0.25) is 0 Å². The highest BCUT2D eigenvalue weighted by atomic mass is 79.9. The summed E-state index contributed by atoms with van der Waals surface area (Å²) in [5.74, 6) is -1.05. The number of aldehydes is 1. The van der Waals surface area contributed by atoms with E-state index in [4.69, 9.17) is 9.47 Å². The molecule has 0 unspecified atom stereocenters. The molecular formula is C16H11BrN2O8. The minimum Gasteiger partial charge on any atom is -0.490 e. The van der Waals surface area contributed by atoms with E-state index in [1.807, 2.05) is 0 Å². The molecule has 2 aromatic rings. The van der Waals surface area contributed by atoms with Gasteiger partial charge in [0.25, 0.3) is 11.4 Å². The fourth-order valence-corrected chi connectivity index (χ4v) is 2.63. The molecule has 0 atom stereocenters. The first-order valence-corrected chi connectivity index (χ1v) is 8.13. The maximum absolute atomic E-state index is 12.4. The zero-order valence-electron chi connectivity index (χ0n) is 13.7. The molecule has 11 heteroatoms. The van der Waals surface area contributed by atoms with Crippen LogP contribution in [0.1, 0.15) is 27.6 Å². The van der Waals surface area contributed by atoms with Crippen LogP contribution in [0.5, 0.6) is 11.5 Å². The Hall–Kier alpha value is -3.34. The van der Waals surface area contributed by atoms with Crippen LogP contribution in [0, 0.1) is 20.2 Å². The highest BCUT2D eigenvalue weighted by Crippen LogP contribution is 2.37. The Labute approximate surface area is 160 Å². The molecule has 2 aromatic carbocycles. The molecular weight excluding hydrogens is 428 g/mol. The van der Waals surface area contributed by atoms with Gasteiger partial charge in [0.05, 0.1) is 32.6 Å². The summed E-state index contributed by atoms with van der Waals surface area (Å²) in [6, 6.07) is 5.19. The monoisotopic (exact) mass is 438 g/mol. The largest absolute Gasteiger partial charge is 0.490 e. The highest BCUT2D eigenvalue weighted by molar-refractivity contribution is 9.10. The first-order valence-electron chi connectivity index (χ1n) is 7.34. The summed E-state index contributed by atoms with van der Waals surface area (Å²) in [7, 11) is 0. The number of hydrogen-bond donors (Lipinski definition) is 0. The Morgan fingerprint density at radius 3 is 2.19 bits per heavy atom. The molecule has 0 bridgehead atoms. The Balaban J connectivity index is 2.47. The third-order valence-corrected chi connectivity index (χ3v) is 3.81. The first kappa shape index (κ1) is 20.0. The van der Waals surface area contributed by atoms with Gasteiger partial charge in [-0.25, -0.2) is 4.79 Å². The molecule has 10 nitrogen and oxygen atoms in total. The standard InChI is InChI=1S/C16H11BrN2O8/c1-2-26-14-4-9(8-20)3-13(17)15(14)27-16(21)10-5-11(18(22)23)7-12(6-10)19(24)25/h3-8H,2H2,1H3. The molecule has 0 saturated heterocycles. The van der Waals surface area contributed by atoms with E-state index in [0.29, 0.717) is 6.29 Å². The molecule has 0 amide bonds. The molecule has 0 aliphatic rings. The van der Waals surface area contributed by atoms with E-state index in [1.165, 1.54) is 12.1 Å². The number of non-ortho nitro benzene ring substituents is 2. The van der Waals surface area contributed by atoms with Crippen LogP contribution in [0.4, 0.5) is 11.4 Å². The number of halogens is 1. The van der Waals surface area contributed by atoms with Crippen LogP contribution < -0.4 is 9.47 Å². The number of carbonyl (C=O) groups is 2. The maximum Gasteiger partial charge on any atom is 0.344 e. The fraction of sp³-hybridized carbons (Fsp3) is 0.125. The van der Waals surface area contributed by atoms with Gasteiger partial charge in [-0.3, -0.25) is 25.0 Å². The molecule has 0 aliphatic carbocycles. The summed E-state index contributed by atoms with van der Waals surface area (Å²) in [6.07, 6.45) is 0.572. The zero-order chi connectivity index (χ0) is 20.1. The third kappa shape index (κ3) is 4.64. The smallest absolute Gasteiger partial charge is 0.344 e. The van der Waals surface area contributed by atoms with E-state index in [-0.39, 0.29) is 33.7 Å². The Bertz CT molecular complexity index is 912. The van der Waals surface area contributed by atoms with E-state index in [2.05, 4.69) is 15.9 Å². The predicted octanol–water partition coefficient (Wildman–Crippen LogP) is 3.70. The van der Waals surface area contributed by atoms with Gasteiger partial charge in [0, 0.05) is 17.7 Å². The van der Waals surface area contributed by atoms with Crippen LogP contribution in [0.3, 0.4) is 0 Å². The summed E-state index contributed by atoms with van der Waals surface area (Å²) in [5, 5.41) is 21.9. The second-order valence-electron chi connectivity index (χ2n) is 5.02. The number of nitro benzene ring substituents is 2. The third-order valence-electron chi connectivity index (χ3n) is 3.22. The Morgan fingerprint density at radius 2 is 1.70 bits per heavy atom. The first-order chi connectivity index (χ1) is 12.8. The Kier molecular flexibility index (Phi) is 6.19. The molecule has 0 spiro atoms. The van der Waals surface area contributed by atoms with Crippen LogP contribution in [-0.2, 0) is 0 Å². The lowest BCUT2D eigenvalue weighted by Crippen LogP contribution is -2.11. The van der Waals surface area contributed by atoms with Crippen molar-refractivity contribution in [2.24, 2.45) is 0 Å². The molecule has 27 heavy (non-hydrogen) atoms. The lowest BCUT2D eigenvalue weighted by molar-refractivity contribution is -0.394. The average molecular weight is 439 g/mol. The minimum absolute atomic E-state index is 0.0680. The van der Waals surface area contributed by atoms with Gasteiger partial charge in [-0.2, -0.15) is 0 Å². The zero-order valence-corrected chi connectivity index (χ0v) is 15.3. The number of rotatable bonds is 7. The van der Waals surface area contributed by atoms with E-state index in [9.17, 15) is 29.8 Å². The second-order valence-corrected chi connectivity index (χ2v) is 5.88. The van der Waals surface area contributed by atoms with Crippen molar-refractivity contribution in [2.75, 3.05) is 6.61 Å². The van der Waals surface area contributed by atoms with Crippen molar-refractivity contribution in [1.82, 2.24) is 0 Å². The van der Waals surface area contributed by atoms with Crippen molar-refractivity contribution < 1.29 is 28.9 Å². The minimum atomic E-state index is -1.07. The number of carbonyl (C=O) groups excluding carboxylic acids is 2.